The first-order valence-electron chi connectivity index (χ1n) is 9.16. The lowest BCUT2D eigenvalue weighted by molar-refractivity contribution is 0.102. The highest BCUT2D eigenvalue weighted by molar-refractivity contribution is 7.89. The summed E-state index contributed by atoms with van der Waals surface area (Å²) in [6, 6.07) is 10.9. The molecule has 8 heteroatoms. The summed E-state index contributed by atoms with van der Waals surface area (Å²) in [6.45, 7) is 0. The van der Waals surface area contributed by atoms with E-state index in [9.17, 15) is 13.2 Å². The highest BCUT2D eigenvalue weighted by atomic mass is 35.5. The van der Waals surface area contributed by atoms with Gasteiger partial charge in [-0.25, -0.2) is 13.1 Å². The van der Waals surface area contributed by atoms with Gasteiger partial charge >= 0.3 is 0 Å². The maximum Gasteiger partial charge on any atom is 0.255 e. The van der Waals surface area contributed by atoms with Crippen molar-refractivity contribution < 1.29 is 17.9 Å². The van der Waals surface area contributed by atoms with Gasteiger partial charge < -0.3 is 10.1 Å². The van der Waals surface area contributed by atoms with E-state index in [0.29, 0.717) is 10.7 Å². The number of nitrogens with one attached hydrogen (secondary N) is 2. The third-order valence-electron chi connectivity index (χ3n) is 4.74. The van der Waals surface area contributed by atoms with Gasteiger partial charge in [-0.15, -0.1) is 0 Å². The topological polar surface area (TPSA) is 84.5 Å². The first-order chi connectivity index (χ1) is 13.4. The average Bonchev–Trinajstić information content (AvgIpc) is 2.69. The van der Waals surface area contributed by atoms with Crippen molar-refractivity contribution in [2.75, 3.05) is 12.4 Å². The van der Waals surface area contributed by atoms with Crippen molar-refractivity contribution in [1.29, 1.82) is 0 Å². The van der Waals surface area contributed by atoms with Gasteiger partial charge in [-0.2, -0.15) is 0 Å². The van der Waals surface area contributed by atoms with Crippen LogP contribution in [0.1, 0.15) is 42.5 Å². The van der Waals surface area contributed by atoms with Crippen LogP contribution in [0.4, 0.5) is 5.69 Å². The molecule has 0 heterocycles. The maximum absolute atomic E-state index is 12.9. The minimum Gasteiger partial charge on any atom is -0.495 e. The lowest BCUT2D eigenvalue weighted by atomic mass is 9.96. The molecule has 2 N–H and O–H groups in total. The van der Waals surface area contributed by atoms with Gasteiger partial charge in [0.2, 0.25) is 10.0 Å². The molecule has 0 spiro atoms. The molecule has 2 aromatic rings. The number of methoxy groups -OCH3 is 1. The van der Waals surface area contributed by atoms with E-state index in [1.807, 2.05) is 0 Å². The van der Waals surface area contributed by atoms with Gasteiger partial charge in [-0.3, -0.25) is 4.79 Å². The molecule has 6 nitrogen and oxygen atoms in total. The molecule has 28 heavy (non-hydrogen) atoms. The second-order valence-corrected chi connectivity index (χ2v) is 8.90. The van der Waals surface area contributed by atoms with Crippen molar-refractivity contribution in [2.45, 2.75) is 43.0 Å². The largest absolute Gasteiger partial charge is 0.495 e. The number of ether oxygens (including phenoxy) is 1. The third kappa shape index (κ3) is 5.04. The van der Waals surface area contributed by atoms with Crippen LogP contribution in [0, 0.1) is 0 Å². The molecule has 0 saturated heterocycles. The molecule has 0 aliphatic heterocycles. The van der Waals surface area contributed by atoms with E-state index in [1.54, 1.807) is 24.3 Å². The van der Waals surface area contributed by atoms with Crippen molar-refractivity contribution >= 4 is 33.2 Å². The fourth-order valence-electron chi connectivity index (χ4n) is 3.27. The molecular weight excluding hydrogens is 400 g/mol. The van der Waals surface area contributed by atoms with Gasteiger partial charge in [-0.1, -0.05) is 30.9 Å². The molecule has 3 rings (SSSR count). The van der Waals surface area contributed by atoms with Gasteiger partial charge in [0.1, 0.15) is 10.6 Å². The molecule has 1 aliphatic carbocycles. The fraction of sp³-hybridized carbons (Fsp3) is 0.350. The molecule has 0 atom stereocenters. The molecule has 2 aromatic carbocycles. The smallest absolute Gasteiger partial charge is 0.255 e. The number of amides is 1. The number of benzene rings is 2. The number of sulfonamides is 1. The number of hydrogen-bond donors (Lipinski definition) is 2. The summed E-state index contributed by atoms with van der Waals surface area (Å²) in [7, 11) is -2.40. The Labute approximate surface area is 170 Å². The highest BCUT2D eigenvalue weighted by Crippen LogP contribution is 2.27. The number of anilines is 1. The molecule has 1 saturated carbocycles. The molecule has 150 valence electrons. The van der Waals surface area contributed by atoms with E-state index in [4.69, 9.17) is 16.3 Å². The van der Waals surface area contributed by atoms with Crippen LogP contribution < -0.4 is 14.8 Å². The van der Waals surface area contributed by atoms with Gasteiger partial charge in [0, 0.05) is 22.3 Å². The SMILES string of the molecule is COc1ccc(C(=O)Nc2ccc(Cl)cc2)cc1S(=O)(=O)NC1CCCCC1. The Morgan fingerprint density at radius 2 is 1.75 bits per heavy atom. The van der Waals surface area contributed by atoms with E-state index >= 15 is 0 Å². The Kier molecular flexibility index (Phi) is 6.59. The van der Waals surface area contributed by atoms with Crippen LogP contribution in [0.15, 0.2) is 47.4 Å². The lowest BCUT2D eigenvalue weighted by Gasteiger charge is -2.23. The van der Waals surface area contributed by atoms with Crippen LogP contribution in [-0.4, -0.2) is 27.5 Å². The normalized spacial score (nSPS) is 15.2. The second-order valence-electron chi connectivity index (χ2n) is 6.78. The molecule has 0 radical (unpaired) electrons. The zero-order chi connectivity index (χ0) is 20.1. The monoisotopic (exact) mass is 422 g/mol. The minimum atomic E-state index is -3.81. The first-order valence-corrected chi connectivity index (χ1v) is 11.0. The average molecular weight is 423 g/mol. The number of rotatable bonds is 6. The third-order valence-corrected chi connectivity index (χ3v) is 6.54. The first kappa shape index (κ1) is 20.6. The summed E-state index contributed by atoms with van der Waals surface area (Å²) < 4.78 is 33.8. The fourth-order valence-corrected chi connectivity index (χ4v) is 4.89. The van der Waals surface area contributed by atoms with Crippen molar-refractivity contribution in [3.8, 4) is 5.75 Å². The van der Waals surface area contributed by atoms with Gasteiger partial charge in [0.05, 0.1) is 7.11 Å². The van der Waals surface area contributed by atoms with Gasteiger partial charge in [0.25, 0.3) is 5.91 Å². The summed E-state index contributed by atoms with van der Waals surface area (Å²) in [5.74, 6) is -0.217. The van der Waals surface area contributed by atoms with E-state index < -0.39 is 15.9 Å². The number of carbonyl (C=O) groups is 1. The molecule has 0 aromatic heterocycles. The van der Waals surface area contributed by atoms with Crippen LogP contribution in [0.2, 0.25) is 5.02 Å². The zero-order valence-corrected chi connectivity index (χ0v) is 17.1. The predicted octanol–water partition coefficient (Wildman–Crippen LogP) is 4.21. The Bertz CT molecular complexity index is 939. The molecule has 1 aliphatic rings. The van der Waals surface area contributed by atoms with Crippen LogP contribution in [-0.2, 0) is 10.0 Å². The summed E-state index contributed by atoms with van der Waals surface area (Å²) in [4.78, 5) is 12.5. The Hall–Kier alpha value is -2.09. The van der Waals surface area contributed by atoms with Crippen molar-refractivity contribution in [3.63, 3.8) is 0 Å². The number of hydrogen-bond acceptors (Lipinski definition) is 4. The standard InChI is InChI=1S/C20H23ClN2O4S/c1-27-18-12-7-14(20(24)22-16-10-8-15(21)9-11-16)13-19(18)28(25,26)23-17-5-3-2-4-6-17/h7-13,17,23H,2-6H2,1H3,(H,22,24). The molecular formula is C20H23ClN2O4S. The molecule has 0 bridgehead atoms. The summed E-state index contributed by atoms with van der Waals surface area (Å²) in [5, 5.41) is 3.29. The lowest BCUT2D eigenvalue weighted by Crippen LogP contribution is -2.36. The minimum absolute atomic E-state index is 0.0377. The zero-order valence-electron chi connectivity index (χ0n) is 15.6. The Morgan fingerprint density at radius 1 is 1.07 bits per heavy atom. The summed E-state index contributed by atoms with van der Waals surface area (Å²) in [6.07, 6.45) is 4.78. The van der Waals surface area contributed by atoms with Gasteiger partial charge in [-0.05, 0) is 55.3 Å². The van der Waals surface area contributed by atoms with Crippen LogP contribution in [0.25, 0.3) is 0 Å². The predicted molar refractivity (Wildman–Crippen MR) is 110 cm³/mol. The number of halogens is 1. The van der Waals surface area contributed by atoms with Crippen molar-refractivity contribution in [3.05, 3.63) is 53.1 Å². The highest BCUT2D eigenvalue weighted by Gasteiger charge is 2.26. The van der Waals surface area contributed by atoms with Crippen LogP contribution in [0.3, 0.4) is 0 Å². The van der Waals surface area contributed by atoms with Crippen molar-refractivity contribution in [1.82, 2.24) is 4.72 Å². The van der Waals surface area contributed by atoms with E-state index in [-0.39, 0.29) is 22.3 Å². The van der Waals surface area contributed by atoms with E-state index in [1.165, 1.54) is 25.3 Å². The summed E-state index contributed by atoms with van der Waals surface area (Å²) >= 11 is 5.85. The summed E-state index contributed by atoms with van der Waals surface area (Å²) in [5.41, 5.74) is 0.787. The van der Waals surface area contributed by atoms with Gasteiger partial charge in [0.15, 0.2) is 0 Å². The van der Waals surface area contributed by atoms with Crippen molar-refractivity contribution in [2.24, 2.45) is 0 Å². The Balaban J connectivity index is 1.84. The Morgan fingerprint density at radius 3 is 2.39 bits per heavy atom. The number of carbonyl (C=O) groups excluding carboxylic acids is 1. The van der Waals surface area contributed by atoms with Crippen LogP contribution in [0.5, 0.6) is 5.75 Å². The molecule has 0 unspecified atom stereocenters. The molecule has 1 amide bonds. The quantitative estimate of drug-likeness (QED) is 0.730. The van der Waals surface area contributed by atoms with Crippen LogP contribution >= 0.6 is 11.6 Å². The maximum atomic E-state index is 12.9. The second kappa shape index (κ2) is 8.94. The van der Waals surface area contributed by atoms with E-state index in [2.05, 4.69) is 10.0 Å². The molecule has 1 fully saturated rings. The van der Waals surface area contributed by atoms with E-state index in [0.717, 1.165) is 32.1 Å².